The first-order valence-electron chi connectivity index (χ1n) is 11.2. The maximum atomic E-state index is 13.2. The van der Waals surface area contributed by atoms with Crippen LogP contribution in [0.3, 0.4) is 0 Å². The molecule has 1 heterocycles. The van der Waals surface area contributed by atoms with Crippen molar-refractivity contribution in [2.75, 3.05) is 19.4 Å². The molecule has 1 aromatic carbocycles. The van der Waals surface area contributed by atoms with Gasteiger partial charge in [0, 0.05) is 11.1 Å². The molecule has 2 N–H and O–H groups in total. The minimum Gasteiger partial charge on any atom is -0.507 e. The van der Waals surface area contributed by atoms with Gasteiger partial charge >= 0.3 is 18.1 Å². The van der Waals surface area contributed by atoms with E-state index in [0.717, 1.165) is 11.1 Å². The van der Waals surface area contributed by atoms with E-state index in [1.54, 1.807) is 19.9 Å². The zero-order valence-corrected chi connectivity index (χ0v) is 21.3. The zero-order valence-electron chi connectivity index (χ0n) is 20.4. The molecule has 8 nitrogen and oxygen atoms in total. The molecule has 0 aromatic heterocycles. The molecule has 1 aromatic rings. The zero-order chi connectivity index (χ0) is 26.6. The fourth-order valence-electron chi connectivity index (χ4n) is 3.93. The SMILES string of the molecule is CCOC(=O)[C@H](C)NP(=O)(CC(C)=CCc1c(O)c2c(c(C)c1CC)COC2=O)OCC(F)(F)F. The Balaban J connectivity index is 2.31. The smallest absolute Gasteiger partial charge is 0.412 e. The summed E-state index contributed by atoms with van der Waals surface area (Å²) in [6.07, 6.45) is -2.84. The number of ether oxygens (including phenoxy) is 2. The maximum Gasteiger partial charge on any atom is 0.412 e. The lowest BCUT2D eigenvalue weighted by atomic mass is 9.89. The van der Waals surface area contributed by atoms with Crippen LogP contribution in [0, 0.1) is 6.92 Å². The Morgan fingerprint density at radius 2 is 1.97 bits per heavy atom. The fraction of sp³-hybridized carbons (Fsp3) is 0.565. The second kappa shape index (κ2) is 11.6. The predicted octanol–water partition coefficient (Wildman–Crippen LogP) is 4.74. The van der Waals surface area contributed by atoms with Gasteiger partial charge in [-0.1, -0.05) is 18.6 Å². The summed E-state index contributed by atoms with van der Waals surface area (Å²) >= 11 is 0. The first-order chi connectivity index (χ1) is 16.2. The molecular formula is C23H31F3NO7P. The molecule has 12 heteroatoms. The molecule has 0 saturated heterocycles. The summed E-state index contributed by atoms with van der Waals surface area (Å²) in [4.78, 5) is 24.0. The van der Waals surface area contributed by atoms with Gasteiger partial charge in [0.25, 0.3) is 7.52 Å². The third kappa shape index (κ3) is 7.32. The van der Waals surface area contributed by atoms with Gasteiger partial charge in [0.2, 0.25) is 0 Å². The van der Waals surface area contributed by atoms with E-state index in [4.69, 9.17) is 14.0 Å². The summed E-state index contributed by atoms with van der Waals surface area (Å²) in [6, 6.07) is -1.16. The van der Waals surface area contributed by atoms with Crippen molar-refractivity contribution < 1.29 is 46.4 Å². The van der Waals surface area contributed by atoms with Gasteiger partial charge in [-0.25, -0.2) is 9.88 Å². The van der Waals surface area contributed by atoms with Crippen molar-refractivity contribution in [2.45, 2.75) is 66.3 Å². The van der Waals surface area contributed by atoms with Gasteiger partial charge in [0.05, 0.1) is 12.8 Å². The van der Waals surface area contributed by atoms with Crippen LogP contribution in [0.1, 0.15) is 60.3 Å². The molecule has 0 saturated carbocycles. The molecule has 1 aliphatic heterocycles. The van der Waals surface area contributed by atoms with Crippen LogP contribution < -0.4 is 5.09 Å². The Bertz CT molecular complexity index is 1050. The van der Waals surface area contributed by atoms with Crippen LogP contribution in [0.2, 0.25) is 0 Å². The largest absolute Gasteiger partial charge is 0.507 e. The van der Waals surface area contributed by atoms with Crippen molar-refractivity contribution in [3.63, 3.8) is 0 Å². The van der Waals surface area contributed by atoms with Crippen LogP contribution in [-0.2, 0) is 42.8 Å². The first-order valence-corrected chi connectivity index (χ1v) is 13.0. The van der Waals surface area contributed by atoms with Crippen LogP contribution >= 0.6 is 7.52 Å². The van der Waals surface area contributed by atoms with Gasteiger partial charge < -0.3 is 19.1 Å². The van der Waals surface area contributed by atoms with Crippen molar-refractivity contribution >= 4 is 19.5 Å². The number of carbonyl (C=O) groups excluding carboxylic acids is 2. The second-order valence-electron chi connectivity index (χ2n) is 8.29. The van der Waals surface area contributed by atoms with Crippen LogP contribution in [-0.4, -0.2) is 48.6 Å². The highest BCUT2D eigenvalue weighted by atomic mass is 31.2. The van der Waals surface area contributed by atoms with Crippen molar-refractivity contribution in [1.29, 1.82) is 0 Å². The molecule has 0 fully saturated rings. The number of phenols is 1. The number of allylic oxidation sites excluding steroid dienone is 2. The Kier molecular flexibility index (Phi) is 9.56. The summed E-state index contributed by atoms with van der Waals surface area (Å²) in [5, 5.41) is 13.1. The summed E-state index contributed by atoms with van der Waals surface area (Å²) < 4.78 is 66.2. The summed E-state index contributed by atoms with van der Waals surface area (Å²) in [5.74, 6) is -1.59. The standard InChI is InChI=1S/C23H31F3NO7P/c1-6-16-14(4)18-10-33-22(30)19(18)20(28)17(16)9-8-13(3)11-35(31,34-12-23(24,25)26)27-15(5)21(29)32-7-2/h8,15,28H,6-7,9-12H2,1-5H3,(H,27,31)/t15-,35?/m0/s1. The number of aromatic hydroxyl groups is 1. The van der Waals surface area contributed by atoms with Crippen LogP contribution in [0.5, 0.6) is 5.75 Å². The molecule has 196 valence electrons. The molecule has 2 atom stereocenters. The average Bonchev–Trinajstić information content (AvgIpc) is 3.15. The Labute approximate surface area is 202 Å². The number of rotatable bonds is 11. The van der Waals surface area contributed by atoms with E-state index < -0.39 is 44.4 Å². The number of cyclic esters (lactones) is 1. The highest BCUT2D eigenvalue weighted by Gasteiger charge is 2.36. The van der Waals surface area contributed by atoms with E-state index >= 15 is 0 Å². The number of nitrogens with one attached hydrogen (secondary N) is 1. The normalized spacial score (nSPS) is 16.5. The van der Waals surface area contributed by atoms with Gasteiger partial charge in [-0.2, -0.15) is 13.2 Å². The van der Waals surface area contributed by atoms with Crippen molar-refractivity contribution in [3.05, 3.63) is 39.5 Å². The minimum absolute atomic E-state index is 0.0501. The molecule has 1 unspecified atom stereocenters. The number of hydrogen-bond acceptors (Lipinski definition) is 7. The number of hydrogen-bond donors (Lipinski definition) is 2. The summed E-state index contributed by atoms with van der Waals surface area (Å²) in [7, 11) is -4.17. The van der Waals surface area contributed by atoms with Gasteiger partial charge in [-0.15, -0.1) is 0 Å². The number of phenolic OH excluding ortho intramolecular Hbond substituents is 1. The first kappa shape index (κ1) is 28.9. The molecule has 35 heavy (non-hydrogen) atoms. The molecule has 0 radical (unpaired) electrons. The summed E-state index contributed by atoms with van der Waals surface area (Å²) in [5.41, 5.74) is 3.30. The monoisotopic (exact) mass is 521 g/mol. The lowest BCUT2D eigenvalue weighted by Crippen LogP contribution is -2.35. The van der Waals surface area contributed by atoms with Gasteiger partial charge in [-0.3, -0.25) is 9.36 Å². The van der Waals surface area contributed by atoms with Crippen molar-refractivity contribution in [1.82, 2.24) is 5.09 Å². The molecular weight excluding hydrogens is 490 g/mol. The second-order valence-corrected chi connectivity index (χ2v) is 10.5. The van der Waals surface area contributed by atoms with E-state index in [0.29, 0.717) is 23.1 Å². The summed E-state index contributed by atoms with van der Waals surface area (Å²) in [6.45, 7) is 6.54. The quantitative estimate of drug-likeness (QED) is 0.244. The highest BCUT2D eigenvalue weighted by Crippen LogP contribution is 2.46. The Hall–Kier alpha value is -2.36. The number of alkyl halides is 3. The van der Waals surface area contributed by atoms with E-state index in [2.05, 4.69) is 5.09 Å². The number of carbonyl (C=O) groups is 2. The molecule has 0 amide bonds. The molecule has 0 spiro atoms. The van der Waals surface area contributed by atoms with Gasteiger partial charge in [0.15, 0.2) is 6.61 Å². The van der Waals surface area contributed by atoms with Crippen LogP contribution in [0.25, 0.3) is 0 Å². The number of fused-ring (bicyclic) bond motifs is 1. The molecule has 0 aliphatic carbocycles. The third-order valence-corrected chi connectivity index (χ3v) is 7.82. The van der Waals surface area contributed by atoms with Crippen molar-refractivity contribution in [2.24, 2.45) is 0 Å². The predicted molar refractivity (Wildman–Crippen MR) is 123 cm³/mol. The average molecular weight is 521 g/mol. The van der Waals surface area contributed by atoms with Crippen LogP contribution in [0.4, 0.5) is 13.2 Å². The number of halogens is 3. The van der Waals surface area contributed by atoms with E-state index in [1.807, 2.05) is 13.8 Å². The Morgan fingerprint density at radius 1 is 1.31 bits per heavy atom. The lowest BCUT2D eigenvalue weighted by molar-refractivity contribution is -0.153. The van der Waals surface area contributed by atoms with Crippen LogP contribution in [0.15, 0.2) is 11.6 Å². The molecule has 2 rings (SSSR count). The number of esters is 2. The topological polar surface area (TPSA) is 111 Å². The maximum absolute atomic E-state index is 13.2. The number of benzene rings is 1. The molecule has 1 aliphatic rings. The van der Waals surface area contributed by atoms with Gasteiger partial charge in [0.1, 0.15) is 24.0 Å². The fourth-order valence-corrected chi connectivity index (χ4v) is 6.02. The Morgan fingerprint density at radius 3 is 2.54 bits per heavy atom. The van der Waals surface area contributed by atoms with Crippen molar-refractivity contribution in [3.8, 4) is 5.75 Å². The van der Waals surface area contributed by atoms with E-state index in [-0.39, 0.29) is 30.9 Å². The molecule has 0 bridgehead atoms. The highest BCUT2D eigenvalue weighted by molar-refractivity contribution is 7.57. The van der Waals surface area contributed by atoms with E-state index in [9.17, 15) is 32.4 Å². The lowest BCUT2D eigenvalue weighted by Gasteiger charge is -2.24. The minimum atomic E-state index is -4.72. The third-order valence-electron chi connectivity index (χ3n) is 5.58. The van der Waals surface area contributed by atoms with Gasteiger partial charge in [-0.05, 0) is 51.7 Å². The van der Waals surface area contributed by atoms with E-state index in [1.165, 1.54) is 6.92 Å².